The Kier molecular flexibility index (Phi) is 11.9. The fraction of sp³-hybridized carbons (Fsp3) is 0.905. The molecule has 1 aliphatic carbocycles. The van der Waals surface area contributed by atoms with Gasteiger partial charge < -0.3 is 20.3 Å². The van der Waals surface area contributed by atoms with Gasteiger partial charge in [-0.2, -0.15) is 0 Å². The summed E-state index contributed by atoms with van der Waals surface area (Å²) < 4.78 is 5.41. The minimum absolute atomic E-state index is 0. The van der Waals surface area contributed by atoms with E-state index < -0.39 is 0 Å². The van der Waals surface area contributed by atoms with E-state index in [1.807, 2.05) is 4.90 Å². The molecule has 2 aliphatic heterocycles. The first-order chi connectivity index (χ1) is 13.5. The SMILES string of the molecule is COCC1(C(=O)N2CCN(CC(=O)NC3CCC(C)CC3)CC2)CCNCC1.Cl.Cl. The van der Waals surface area contributed by atoms with Crippen LogP contribution in [0.2, 0.25) is 0 Å². The molecule has 0 aromatic rings. The fourth-order valence-corrected chi connectivity index (χ4v) is 4.93. The van der Waals surface area contributed by atoms with E-state index in [1.165, 1.54) is 12.8 Å². The second kappa shape index (κ2) is 13.1. The Bertz CT molecular complexity index is 525. The summed E-state index contributed by atoms with van der Waals surface area (Å²) in [4.78, 5) is 29.8. The van der Waals surface area contributed by atoms with Gasteiger partial charge in [0, 0.05) is 39.3 Å². The van der Waals surface area contributed by atoms with Gasteiger partial charge in [-0.25, -0.2) is 0 Å². The maximum atomic E-state index is 13.2. The number of nitrogens with zero attached hydrogens (tertiary/aromatic N) is 2. The molecular formula is C21H40Cl2N4O3. The molecule has 0 aromatic carbocycles. The quantitative estimate of drug-likeness (QED) is 0.622. The molecule has 1 saturated carbocycles. The lowest BCUT2D eigenvalue weighted by Crippen LogP contribution is -2.57. The summed E-state index contributed by atoms with van der Waals surface area (Å²) in [5.41, 5.74) is -0.377. The van der Waals surface area contributed by atoms with E-state index in [-0.39, 0.29) is 42.0 Å². The Hall–Kier alpha value is -0.600. The number of halogens is 2. The Morgan fingerprint density at radius 1 is 1.03 bits per heavy atom. The molecular weight excluding hydrogens is 427 g/mol. The minimum atomic E-state index is -0.377. The summed E-state index contributed by atoms with van der Waals surface area (Å²) >= 11 is 0. The van der Waals surface area contributed by atoms with Gasteiger partial charge in [0.05, 0.1) is 18.6 Å². The number of ether oxygens (including phenoxy) is 1. The van der Waals surface area contributed by atoms with Gasteiger partial charge in [0.2, 0.25) is 11.8 Å². The van der Waals surface area contributed by atoms with Crippen molar-refractivity contribution < 1.29 is 14.3 Å². The van der Waals surface area contributed by atoms with E-state index in [0.29, 0.717) is 32.3 Å². The van der Waals surface area contributed by atoms with Crippen LogP contribution in [0.25, 0.3) is 0 Å². The molecule has 3 fully saturated rings. The van der Waals surface area contributed by atoms with E-state index in [2.05, 4.69) is 22.5 Å². The third-order valence-electron chi connectivity index (χ3n) is 6.84. The number of methoxy groups -OCH3 is 1. The number of rotatable bonds is 6. The van der Waals surface area contributed by atoms with Gasteiger partial charge in [-0.1, -0.05) is 6.92 Å². The van der Waals surface area contributed by atoms with Crippen molar-refractivity contribution >= 4 is 36.6 Å². The number of piperazine rings is 1. The molecule has 7 nitrogen and oxygen atoms in total. The van der Waals surface area contributed by atoms with Crippen molar-refractivity contribution in [1.82, 2.24) is 20.4 Å². The van der Waals surface area contributed by atoms with Gasteiger partial charge in [0.25, 0.3) is 0 Å². The molecule has 3 rings (SSSR count). The van der Waals surface area contributed by atoms with Crippen molar-refractivity contribution in [2.45, 2.75) is 51.5 Å². The first kappa shape index (κ1) is 27.4. The third kappa shape index (κ3) is 7.23. The average Bonchev–Trinajstić information content (AvgIpc) is 2.71. The van der Waals surface area contributed by atoms with Crippen LogP contribution in [-0.4, -0.2) is 87.2 Å². The molecule has 3 aliphatic rings. The molecule has 9 heteroatoms. The van der Waals surface area contributed by atoms with E-state index in [9.17, 15) is 9.59 Å². The second-order valence-corrected chi connectivity index (χ2v) is 9.06. The molecule has 0 bridgehead atoms. The van der Waals surface area contributed by atoms with Gasteiger partial charge in [0.1, 0.15) is 0 Å². The van der Waals surface area contributed by atoms with Crippen LogP contribution in [-0.2, 0) is 14.3 Å². The summed E-state index contributed by atoms with van der Waals surface area (Å²) in [5, 5.41) is 6.55. The minimum Gasteiger partial charge on any atom is -0.384 e. The van der Waals surface area contributed by atoms with Crippen LogP contribution in [0.5, 0.6) is 0 Å². The number of nitrogens with one attached hydrogen (secondary N) is 2. The van der Waals surface area contributed by atoms with Crippen LogP contribution in [0.4, 0.5) is 0 Å². The normalized spacial score (nSPS) is 26.8. The molecule has 0 atom stereocenters. The van der Waals surface area contributed by atoms with Crippen LogP contribution in [0.3, 0.4) is 0 Å². The van der Waals surface area contributed by atoms with Crippen molar-refractivity contribution in [2.24, 2.45) is 11.3 Å². The lowest BCUT2D eigenvalue weighted by Gasteiger charge is -2.42. The van der Waals surface area contributed by atoms with Crippen LogP contribution >= 0.6 is 24.8 Å². The predicted octanol–water partition coefficient (Wildman–Crippen LogP) is 1.69. The third-order valence-corrected chi connectivity index (χ3v) is 6.84. The lowest BCUT2D eigenvalue weighted by atomic mass is 9.78. The summed E-state index contributed by atoms with van der Waals surface area (Å²) in [6, 6.07) is 0.348. The molecule has 0 unspecified atom stereocenters. The van der Waals surface area contributed by atoms with Gasteiger partial charge in [-0.3, -0.25) is 14.5 Å². The van der Waals surface area contributed by atoms with E-state index in [0.717, 1.165) is 57.8 Å². The molecule has 2 heterocycles. The number of hydrogen-bond acceptors (Lipinski definition) is 5. The van der Waals surface area contributed by atoms with Gasteiger partial charge in [-0.15, -0.1) is 24.8 Å². The highest BCUT2D eigenvalue weighted by molar-refractivity contribution is 5.85. The highest BCUT2D eigenvalue weighted by Crippen LogP contribution is 2.32. The Balaban J connectivity index is 0.00000225. The summed E-state index contributed by atoms with van der Waals surface area (Å²) in [6.07, 6.45) is 6.30. The van der Waals surface area contributed by atoms with Crippen LogP contribution in [0, 0.1) is 11.3 Å². The standard InChI is InChI=1S/C21H38N4O3.2ClH/c1-17-3-5-18(6-4-17)23-19(26)15-24-11-13-25(14-12-24)20(27)21(16-28-2)7-9-22-10-8-21;;/h17-18,22H,3-16H2,1-2H3,(H,23,26);2*1H. The molecule has 176 valence electrons. The molecule has 30 heavy (non-hydrogen) atoms. The molecule has 2 saturated heterocycles. The van der Waals surface area contributed by atoms with Crippen molar-refractivity contribution in [1.29, 1.82) is 0 Å². The molecule has 0 radical (unpaired) electrons. The zero-order valence-electron chi connectivity index (χ0n) is 18.5. The van der Waals surface area contributed by atoms with E-state index in [4.69, 9.17) is 4.74 Å². The highest BCUT2D eigenvalue weighted by atomic mass is 35.5. The van der Waals surface area contributed by atoms with Crippen LogP contribution in [0.15, 0.2) is 0 Å². The monoisotopic (exact) mass is 466 g/mol. The second-order valence-electron chi connectivity index (χ2n) is 9.06. The molecule has 2 amide bonds. The van der Waals surface area contributed by atoms with Gasteiger partial charge in [0.15, 0.2) is 0 Å². The van der Waals surface area contributed by atoms with Crippen molar-refractivity contribution in [3.05, 3.63) is 0 Å². The Morgan fingerprint density at radius 3 is 2.20 bits per heavy atom. The average molecular weight is 467 g/mol. The molecule has 0 aromatic heterocycles. The summed E-state index contributed by atoms with van der Waals surface area (Å²) in [7, 11) is 1.68. The van der Waals surface area contributed by atoms with E-state index >= 15 is 0 Å². The number of hydrogen-bond donors (Lipinski definition) is 2. The fourth-order valence-electron chi connectivity index (χ4n) is 4.93. The first-order valence-electron chi connectivity index (χ1n) is 11.0. The van der Waals surface area contributed by atoms with Crippen LogP contribution < -0.4 is 10.6 Å². The smallest absolute Gasteiger partial charge is 0.234 e. The number of amides is 2. The highest BCUT2D eigenvalue weighted by Gasteiger charge is 2.42. The lowest BCUT2D eigenvalue weighted by molar-refractivity contribution is -0.149. The topological polar surface area (TPSA) is 73.9 Å². The predicted molar refractivity (Wildman–Crippen MR) is 123 cm³/mol. The molecule has 2 N–H and O–H groups in total. The van der Waals surface area contributed by atoms with Crippen molar-refractivity contribution in [3.63, 3.8) is 0 Å². The maximum Gasteiger partial charge on any atom is 0.234 e. The maximum absolute atomic E-state index is 13.2. The van der Waals surface area contributed by atoms with Gasteiger partial charge in [-0.05, 0) is 57.5 Å². The number of carbonyl (C=O) groups is 2. The van der Waals surface area contributed by atoms with E-state index in [1.54, 1.807) is 7.11 Å². The summed E-state index contributed by atoms with van der Waals surface area (Å²) in [5.74, 6) is 1.16. The van der Waals surface area contributed by atoms with Crippen molar-refractivity contribution in [2.75, 3.05) is 59.5 Å². The van der Waals surface area contributed by atoms with Crippen LogP contribution in [0.1, 0.15) is 45.4 Å². The summed E-state index contributed by atoms with van der Waals surface area (Å²) in [6.45, 7) is 7.91. The largest absolute Gasteiger partial charge is 0.384 e. The Morgan fingerprint density at radius 2 is 1.63 bits per heavy atom. The first-order valence-corrected chi connectivity index (χ1v) is 11.0. The number of piperidine rings is 1. The van der Waals surface area contributed by atoms with Crippen molar-refractivity contribution in [3.8, 4) is 0 Å². The zero-order valence-corrected chi connectivity index (χ0v) is 20.1. The number of carbonyl (C=O) groups excluding carboxylic acids is 2. The zero-order chi connectivity index (χ0) is 20.0. The van der Waals surface area contributed by atoms with Gasteiger partial charge >= 0.3 is 0 Å². The Labute approximate surface area is 193 Å². The molecule has 0 spiro atoms.